The van der Waals surface area contributed by atoms with E-state index < -0.39 is 0 Å². The van der Waals surface area contributed by atoms with Gasteiger partial charge < -0.3 is 10.6 Å². The van der Waals surface area contributed by atoms with Crippen LogP contribution in [0.15, 0.2) is 24.3 Å². The molecule has 1 aromatic rings. The monoisotopic (exact) mass is 278 g/mol. The van der Waals surface area contributed by atoms with E-state index in [2.05, 4.69) is 22.5 Å². The molecule has 100 valence electrons. The predicted octanol–water partition coefficient (Wildman–Crippen LogP) is 1.74. The Hall–Kier alpha value is -1.99. The molecular formula is C14H15ClN2O2. The maximum atomic E-state index is 11.3. The van der Waals surface area contributed by atoms with Crippen molar-refractivity contribution in [2.24, 2.45) is 0 Å². The Kier molecular flexibility index (Phi) is 6.48. The van der Waals surface area contributed by atoms with Crippen LogP contribution in [0.3, 0.4) is 0 Å². The first-order valence-electron chi connectivity index (χ1n) is 5.81. The zero-order valence-corrected chi connectivity index (χ0v) is 11.4. The molecule has 0 bridgehead atoms. The van der Waals surface area contributed by atoms with Gasteiger partial charge in [0, 0.05) is 30.5 Å². The summed E-state index contributed by atoms with van der Waals surface area (Å²) < 4.78 is 0. The van der Waals surface area contributed by atoms with Crippen LogP contribution in [-0.4, -0.2) is 24.2 Å². The van der Waals surface area contributed by atoms with Crippen molar-refractivity contribution in [3.8, 4) is 11.8 Å². The summed E-state index contributed by atoms with van der Waals surface area (Å²) in [4.78, 5) is 21.9. The molecule has 0 unspecified atom stereocenters. The lowest BCUT2D eigenvalue weighted by Gasteiger charge is -2.03. The zero-order chi connectivity index (χ0) is 14.1. The Morgan fingerprint density at radius 3 is 2.53 bits per heavy atom. The van der Waals surface area contributed by atoms with Crippen molar-refractivity contribution in [2.75, 3.05) is 17.7 Å². The molecule has 0 heterocycles. The predicted molar refractivity (Wildman–Crippen MR) is 76.0 cm³/mol. The third-order valence-electron chi connectivity index (χ3n) is 2.15. The standard InChI is InChI=1S/C14H15ClN2O2/c1-11(18)16-10-2-3-12-4-6-13(7-5-12)17-14(19)8-9-15/h4-7H,8-10H2,1H3,(H,16,18)(H,17,19). The van der Waals surface area contributed by atoms with E-state index in [0.717, 1.165) is 5.56 Å². The van der Waals surface area contributed by atoms with Crippen molar-refractivity contribution in [2.45, 2.75) is 13.3 Å². The summed E-state index contributed by atoms with van der Waals surface area (Å²) in [5, 5.41) is 5.31. The average molecular weight is 279 g/mol. The van der Waals surface area contributed by atoms with Crippen LogP contribution in [0.2, 0.25) is 0 Å². The molecule has 19 heavy (non-hydrogen) atoms. The fraction of sp³-hybridized carbons (Fsp3) is 0.286. The summed E-state index contributed by atoms with van der Waals surface area (Å²) in [5.74, 6) is 5.82. The van der Waals surface area contributed by atoms with Gasteiger partial charge in [-0.15, -0.1) is 11.6 Å². The number of carbonyl (C=O) groups excluding carboxylic acids is 2. The molecule has 0 aliphatic rings. The van der Waals surface area contributed by atoms with Gasteiger partial charge in [0.25, 0.3) is 0 Å². The minimum atomic E-state index is -0.112. The highest BCUT2D eigenvalue weighted by Gasteiger charge is 2.00. The van der Waals surface area contributed by atoms with E-state index in [1.807, 2.05) is 0 Å². The molecule has 1 aromatic carbocycles. The van der Waals surface area contributed by atoms with E-state index in [0.29, 0.717) is 24.5 Å². The Labute approximate surface area is 117 Å². The Morgan fingerprint density at radius 2 is 1.95 bits per heavy atom. The van der Waals surface area contributed by atoms with Crippen molar-refractivity contribution in [1.29, 1.82) is 0 Å². The van der Waals surface area contributed by atoms with Crippen LogP contribution in [0.5, 0.6) is 0 Å². The molecule has 0 aliphatic heterocycles. The molecule has 2 amide bonds. The summed E-state index contributed by atoms with van der Waals surface area (Å²) in [5.41, 5.74) is 1.53. The second kappa shape index (κ2) is 8.17. The highest BCUT2D eigenvalue weighted by molar-refractivity contribution is 6.19. The molecule has 0 aromatic heterocycles. The fourth-order valence-electron chi connectivity index (χ4n) is 1.26. The molecule has 0 aliphatic carbocycles. The van der Waals surface area contributed by atoms with Gasteiger partial charge in [-0.05, 0) is 24.3 Å². The molecule has 0 atom stereocenters. The molecule has 0 spiro atoms. The first-order chi connectivity index (χ1) is 9.11. The maximum absolute atomic E-state index is 11.3. The quantitative estimate of drug-likeness (QED) is 0.651. The minimum absolute atomic E-state index is 0.105. The van der Waals surface area contributed by atoms with Gasteiger partial charge >= 0.3 is 0 Å². The lowest BCUT2D eigenvalue weighted by Crippen LogP contribution is -2.19. The first-order valence-corrected chi connectivity index (χ1v) is 6.34. The van der Waals surface area contributed by atoms with Gasteiger partial charge in [-0.2, -0.15) is 0 Å². The normalized spacial score (nSPS) is 9.16. The summed E-state index contributed by atoms with van der Waals surface area (Å²) in [6, 6.07) is 7.15. The van der Waals surface area contributed by atoms with E-state index in [1.54, 1.807) is 24.3 Å². The number of anilines is 1. The molecule has 2 N–H and O–H groups in total. The Bertz CT molecular complexity index is 500. The molecule has 0 saturated carbocycles. The van der Waals surface area contributed by atoms with Gasteiger partial charge in [0.05, 0.1) is 6.54 Å². The summed E-state index contributed by atoms with van der Waals surface area (Å²) >= 11 is 5.47. The van der Waals surface area contributed by atoms with Crippen LogP contribution in [0.4, 0.5) is 5.69 Å². The number of halogens is 1. The number of alkyl halides is 1. The first kappa shape index (κ1) is 15.1. The number of benzene rings is 1. The highest BCUT2D eigenvalue weighted by Crippen LogP contribution is 2.09. The number of amides is 2. The van der Waals surface area contributed by atoms with Crippen LogP contribution in [0.1, 0.15) is 18.9 Å². The highest BCUT2D eigenvalue weighted by atomic mass is 35.5. The SMILES string of the molecule is CC(=O)NCC#Cc1ccc(NC(=O)CCCl)cc1. The lowest BCUT2D eigenvalue weighted by atomic mass is 10.2. The smallest absolute Gasteiger partial charge is 0.225 e. The van der Waals surface area contributed by atoms with Crippen molar-refractivity contribution in [3.63, 3.8) is 0 Å². The van der Waals surface area contributed by atoms with Crippen molar-refractivity contribution >= 4 is 29.1 Å². The third kappa shape index (κ3) is 6.49. The van der Waals surface area contributed by atoms with Crippen LogP contribution in [0.25, 0.3) is 0 Å². The Balaban J connectivity index is 2.51. The van der Waals surface area contributed by atoms with Gasteiger partial charge in [0.1, 0.15) is 0 Å². The summed E-state index contributed by atoms with van der Waals surface area (Å²) in [6.07, 6.45) is 0.291. The zero-order valence-electron chi connectivity index (χ0n) is 10.6. The largest absolute Gasteiger partial charge is 0.345 e. The molecular weight excluding hydrogens is 264 g/mol. The number of carbonyl (C=O) groups is 2. The van der Waals surface area contributed by atoms with E-state index in [-0.39, 0.29) is 11.8 Å². The van der Waals surface area contributed by atoms with Gasteiger partial charge in [0.2, 0.25) is 11.8 Å². The van der Waals surface area contributed by atoms with Crippen molar-refractivity contribution in [1.82, 2.24) is 5.32 Å². The fourth-order valence-corrected chi connectivity index (χ4v) is 1.43. The molecule has 0 radical (unpaired) electrons. The van der Waals surface area contributed by atoms with E-state index >= 15 is 0 Å². The molecule has 5 heteroatoms. The maximum Gasteiger partial charge on any atom is 0.225 e. The number of rotatable bonds is 4. The van der Waals surface area contributed by atoms with E-state index in [4.69, 9.17) is 11.6 Å². The average Bonchev–Trinajstić information content (AvgIpc) is 2.36. The minimum Gasteiger partial charge on any atom is -0.345 e. The number of nitrogens with one attached hydrogen (secondary N) is 2. The number of hydrogen-bond donors (Lipinski definition) is 2. The second-order valence-electron chi connectivity index (χ2n) is 3.78. The van der Waals surface area contributed by atoms with E-state index in [9.17, 15) is 9.59 Å². The van der Waals surface area contributed by atoms with Gasteiger partial charge in [-0.3, -0.25) is 9.59 Å². The molecule has 0 saturated heterocycles. The third-order valence-corrected chi connectivity index (χ3v) is 2.34. The topological polar surface area (TPSA) is 58.2 Å². The van der Waals surface area contributed by atoms with Crippen molar-refractivity contribution in [3.05, 3.63) is 29.8 Å². The molecule has 0 fully saturated rings. The lowest BCUT2D eigenvalue weighted by molar-refractivity contribution is -0.118. The second-order valence-corrected chi connectivity index (χ2v) is 4.15. The van der Waals surface area contributed by atoms with Crippen LogP contribution in [-0.2, 0) is 9.59 Å². The van der Waals surface area contributed by atoms with Crippen LogP contribution >= 0.6 is 11.6 Å². The van der Waals surface area contributed by atoms with Crippen molar-refractivity contribution < 1.29 is 9.59 Å². The van der Waals surface area contributed by atoms with Crippen LogP contribution < -0.4 is 10.6 Å². The van der Waals surface area contributed by atoms with Crippen LogP contribution in [0, 0.1) is 11.8 Å². The summed E-state index contributed by atoms with van der Waals surface area (Å²) in [6.45, 7) is 1.77. The van der Waals surface area contributed by atoms with Gasteiger partial charge in [-0.25, -0.2) is 0 Å². The van der Waals surface area contributed by atoms with E-state index in [1.165, 1.54) is 6.92 Å². The number of hydrogen-bond acceptors (Lipinski definition) is 2. The summed E-state index contributed by atoms with van der Waals surface area (Å²) in [7, 11) is 0. The molecule has 4 nitrogen and oxygen atoms in total. The van der Waals surface area contributed by atoms with Gasteiger partial charge in [0.15, 0.2) is 0 Å². The molecule has 1 rings (SSSR count). The van der Waals surface area contributed by atoms with Gasteiger partial charge in [-0.1, -0.05) is 11.8 Å². The Morgan fingerprint density at radius 1 is 1.26 bits per heavy atom.